The molecule has 0 aliphatic carbocycles. The fourth-order valence-electron chi connectivity index (χ4n) is 2.01. The lowest BCUT2D eigenvalue weighted by atomic mass is 10.0. The largest absolute Gasteiger partial charge is 0.497 e. The molecule has 4 heteroatoms. The van der Waals surface area contributed by atoms with Crippen molar-refractivity contribution in [1.29, 1.82) is 0 Å². The third-order valence-electron chi connectivity index (χ3n) is 3.14. The van der Waals surface area contributed by atoms with Gasteiger partial charge in [-0.25, -0.2) is 0 Å². The summed E-state index contributed by atoms with van der Waals surface area (Å²) in [5, 5.41) is 10.4. The second-order valence-corrected chi connectivity index (χ2v) is 5.31. The second-order valence-electron chi connectivity index (χ2n) is 4.45. The second kappa shape index (κ2) is 6.77. The van der Waals surface area contributed by atoms with Crippen molar-refractivity contribution < 1.29 is 14.6 Å². The highest BCUT2D eigenvalue weighted by Crippen LogP contribution is 2.28. The molecule has 1 atom stereocenters. The Morgan fingerprint density at radius 1 is 1.05 bits per heavy atom. The van der Waals surface area contributed by atoms with Crippen LogP contribution in [-0.2, 0) is 6.42 Å². The minimum absolute atomic E-state index is 0.505. The first-order valence-electron chi connectivity index (χ1n) is 6.28. The number of hydrogen-bond donors (Lipinski definition) is 1. The summed E-state index contributed by atoms with van der Waals surface area (Å²) in [6, 6.07) is 13.2. The highest BCUT2D eigenvalue weighted by atomic mass is 79.9. The highest BCUT2D eigenvalue weighted by Gasteiger charge is 2.12. The summed E-state index contributed by atoms with van der Waals surface area (Å²) in [6.45, 7) is 0. The van der Waals surface area contributed by atoms with Crippen molar-refractivity contribution in [2.75, 3.05) is 14.2 Å². The molecule has 1 N–H and O–H groups in total. The Hall–Kier alpha value is -1.52. The van der Waals surface area contributed by atoms with E-state index < -0.39 is 6.10 Å². The maximum absolute atomic E-state index is 10.4. The van der Waals surface area contributed by atoms with E-state index >= 15 is 0 Å². The maximum Gasteiger partial charge on any atom is 0.119 e. The third kappa shape index (κ3) is 3.52. The summed E-state index contributed by atoms with van der Waals surface area (Å²) in [7, 11) is 3.25. The lowest BCUT2D eigenvalue weighted by molar-refractivity contribution is 0.177. The molecule has 0 fully saturated rings. The van der Waals surface area contributed by atoms with Gasteiger partial charge in [0, 0.05) is 10.9 Å². The normalized spacial score (nSPS) is 12.0. The topological polar surface area (TPSA) is 38.7 Å². The van der Waals surface area contributed by atoms with Gasteiger partial charge < -0.3 is 14.6 Å². The molecule has 0 bridgehead atoms. The fraction of sp³-hybridized carbons (Fsp3) is 0.250. The first-order chi connectivity index (χ1) is 9.63. The number of aliphatic hydroxyl groups excluding tert-OH is 1. The van der Waals surface area contributed by atoms with E-state index in [1.54, 1.807) is 14.2 Å². The molecule has 0 radical (unpaired) electrons. The molecule has 0 aromatic heterocycles. The van der Waals surface area contributed by atoms with E-state index in [9.17, 15) is 5.11 Å². The first-order valence-corrected chi connectivity index (χ1v) is 7.07. The summed E-state index contributed by atoms with van der Waals surface area (Å²) in [6.07, 6.45) is -0.0844. The number of rotatable bonds is 5. The van der Waals surface area contributed by atoms with Crippen LogP contribution in [0.3, 0.4) is 0 Å². The average Bonchev–Trinajstić information content (AvgIpc) is 2.49. The quantitative estimate of drug-likeness (QED) is 0.903. The molecule has 0 heterocycles. The zero-order valence-electron chi connectivity index (χ0n) is 11.5. The van der Waals surface area contributed by atoms with E-state index in [0.717, 1.165) is 27.1 Å². The lowest BCUT2D eigenvalue weighted by Crippen LogP contribution is -2.03. The molecular formula is C16H17BrO3. The van der Waals surface area contributed by atoms with Crippen molar-refractivity contribution in [3.8, 4) is 11.5 Å². The number of hydrogen-bond acceptors (Lipinski definition) is 3. The van der Waals surface area contributed by atoms with Gasteiger partial charge in [0.05, 0.1) is 20.3 Å². The van der Waals surface area contributed by atoms with Gasteiger partial charge in [-0.1, -0.05) is 28.1 Å². The predicted octanol–water partition coefficient (Wildman–Crippen LogP) is 3.74. The molecule has 2 rings (SSSR count). The van der Waals surface area contributed by atoms with Crippen LogP contribution in [0.4, 0.5) is 0 Å². The van der Waals surface area contributed by atoms with E-state index in [0.29, 0.717) is 6.42 Å². The van der Waals surface area contributed by atoms with Crippen LogP contribution in [0.15, 0.2) is 46.9 Å². The van der Waals surface area contributed by atoms with Crippen LogP contribution in [0.1, 0.15) is 17.2 Å². The zero-order valence-corrected chi connectivity index (χ0v) is 13.1. The van der Waals surface area contributed by atoms with Crippen molar-refractivity contribution in [2.45, 2.75) is 12.5 Å². The smallest absolute Gasteiger partial charge is 0.119 e. The summed E-state index contributed by atoms with van der Waals surface area (Å²) >= 11 is 3.50. The Balaban J connectivity index is 2.20. The van der Waals surface area contributed by atoms with Crippen LogP contribution >= 0.6 is 15.9 Å². The van der Waals surface area contributed by atoms with Gasteiger partial charge in [0.2, 0.25) is 0 Å². The molecule has 0 spiro atoms. The van der Waals surface area contributed by atoms with Gasteiger partial charge in [0.15, 0.2) is 0 Å². The molecule has 0 amide bonds. The molecule has 0 aliphatic heterocycles. The first kappa shape index (κ1) is 14.9. The molecule has 2 aromatic carbocycles. The zero-order chi connectivity index (χ0) is 14.5. The lowest BCUT2D eigenvalue weighted by Gasteiger charge is -2.14. The Bertz CT molecular complexity index is 584. The van der Waals surface area contributed by atoms with E-state index in [-0.39, 0.29) is 0 Å². The number of aliphatic hydroxyl groups is 1. The molecule has 0 saturated carbocycles. The van der Waals surface area contributed by atoms with Gasteiger partial charge >= 0.3 is 0 Å². The summed E-state index contributed by atoms with van der Waals surface area (Å²) in [5.74, 6) is 1.52. The summed E-state index contributed by atoms with van der Waals surface area (Å²) in [4.78, 5) is 0. The van der Waals surface area contributed by atoms with E-state index in [1.165, 1.54) is 0 Å². The maximum atomic E-state index is 10.4. The van der Waals surface area contributed by atoms with Gasteiger partial charge in [-0.15, -0.1) is 0 Å². The van der Waals surface area contributed by atoms with E-state index in [4.69, 9.17) is 9.47 Å². The molecule has 3 nitrogen and oxygen atoms in total. The fourth-order valence-corrected chi connectivity index (χ4v) is 2.42. The monoisotopic (exact) mass is 336 g/mol. The van der Waals surface area contributed by atoms with Crippen LogP contribution in [0.5, 0.6) is 11.5 Å². The van der Waals surface area contributed by atoms with Crippen molar-refractivity contribution >= 4 is 15.9 Å². The van der Waals surface area contributed by atoms with Crippen LogP contribution in [0, 0.1) is 0 Å². The molecule has 2 aromatic rings. The molecule has 0 saturated heterocycles. The van der Waals surface area contributed by atoms with Gasteiger partial charge in [-0.05, 0) is 41.5 Å². The van der Waals surface area contributed by atoms with E-state index in [1.807, 2.05) is 42.5 Å². The van der Waals surface area contributed by atoms with Gasteiger partial charge in [-0.2, -0.15) is 0 Å². The molecule has 0 aliphatic rings. The van der Waals surface area contributed by atoms with Crippen molar-refractivity contribution in [1.82, 2.24) is 0 Å². The minimum atomic E-state index is -0.589. The van der Waals surface area contributed by atoms with Crippen LogP contribution in [-0.4, -0.2) is 19.3 Å². The number of ether oxygens (including phenoxy) is 2. The Morgan fingerprint density at radius 3 is 2.45 bits per heavy atom. The molecule has 106 valence electrons. The average molecular weight is 337 g/mol. The predicted molar refractivity (Wildman–Crippen MR) is 82.4 cm³/mol. The Kier molecular flexibility index (Phi) is 5.04. The van der Waals surface area contributed by atoms with Crippen LogP contribution in [0.2, 0.25) is 0 Å². The van der Waals surface area contributed by atoms with Crippen LogP contribution in [0.25, 0.3) is 0 Å². The number of methoxy groups -OCH3 is 2. The number of benzene rings is 2. The van der Waals surface area contributed by atoms with Gasteiger partial charge in [0.1, 0.15) is 11.5 Å². The third-order valence-corrected chi connectivity index (χ3v) is 3.92. The molecular weight excluding hydrogens is 320 g/mol. The van der Waals surface area contributed by atoms with Crippen LogP contribution < -0.4 is 9.47 Å². The van der Waals surface area contributed by atoms with Crippen molar-refractivity contribution in [3.05, 3.63) is 58.1 Å². The van der Waals surface area contributed by atoms with Gasteiger partial charge in [-0.3, -0.25) is 0 Å². The van der Waals surface area contributed by atoms with Crippen molar-refractivity contribution in [2.24, 2.45) is 0 Å². The summed E-state index contributed by atoms with van der Waals surface area (Å²) in [5.41, 5.74) is 1.83. The Labute approximate surface area is 127 Å². The standard InChI is InChI=1S/C16H17BrO3/c1-19-13-5-3-4-11(8-13)16(18)10-12-9-14(20-2)6-7-15(12)17/h3-9,16,18H,10H2,1-2H3. The van der Waals surface area contributed by atoms with Gasteiger partial charge in [0.25, 0.3) is 0 Å². The molecule has 1 unspecified atom stereocenters. The summed E-state index contributed by atoms with van der Waals surface area (Å²) < 4.78 is 11.3. The Morgan fingerprint density at radius 2 is 1.75 bits per heavy atom. The highest BCUT2D eigenvalue weighted by molar-refractivity contribution is 9.10. The number of halogens is 1. The minimum Gasteiger partial charge on any atom is -0.497 e. The van der Waals surface area contributed by atoms with Crippen molar-refractivity contribution in [3.63, 3.8) is 0 Å². The van der Waals surface area contributed by atoms with E-state index in [2.05, 4.69) is 15.9 Å². The molecule has 20 heavy (non-hydrogen) atoms. The SMILES string of the molecule is COc1cccc(C(O)Cc2cc(OC)ccc2Br)c1.